The molecule has 0 radical (unpaired) electrons. The fourth-order valence-corrected chi connectivity index (χ4v) is 4.41. The molecule has 2 aromatic heterocycles. The molecule has 0 amide bonds. The number of allylic oxidation sites excluding steroid dienone is 1. The van der Waals surface area contributed by atoms with E-state index in [1.165, 1.54) is 11.8 Å². The van der Waals surface area contributed by atoms with Gasteiger partial charge in [-0.3, -0.25) is 4.99 Å². The van der Waals surface area contributed by atoms with E-state index < -0.39 is 0 Å². The molecule has 4 rings (SSSR count). The first-order valence-corrected chi connectivity index (χ1v) is 12.1. The molecule has 190 valence electrons. The molecule has 0 saturated heterocycles. The maximum absolute atomic E-state index is 6.39. The number of aliphatic imine (C=N–C) groups is 1. The van der Waals surface area contributed by atoms with Crippen LogP contribution >= 0.6 is 0 Å². The van der Waals surface area contributed by atoms with Crippen LogP contribution in [0.2, 0.25) is 0 Å². The fraction of sp³-hybridized carbons (Fsp3) is 0.172. The minimum Gasteiger partial charge on any atom is -0.405 e. The quantitative estimate of drug-likeness (QED) is 0.223. The summed E-state index contributed by atoms with van der Waals surface area (Å²) in [5.74, 6) is 1.08. The highest BCUT2D eigenvalue weighted by atomic mass is 15.0. The lowest BCUT2D eigenvalue weighted by Gasteiger charge is -2.16. The maximum atomic E-state index is 6.39. The van der Waals surface area contributed by atoms with Crippen LogP contribution in [0.4, 0.5) is 11.5 Å². The number of fused-ring (bicyclic) bond motifs is 1. The lowest BCUT2D eigenvalue weighted by molar-refractivity contribution is 0.781. The summed E-state index contributed by atoms with van der Waals surface area (Å²) in [7, 11) is 0. The number of hydrogen-bond acceptors (Lipinski definition) is 7. The first-order valence-electron chi connectivity index (χ1n) is 12.1. The van der Waals surface area contributed by atoms with Crippen LogP contribution in [0.15, 0.2) is 77.9 Å². The van der Waals surface area contributed by atoms with Gasteiger partial charge in [-0.1, -0.05) is 24.3 Å². The number of nitrogens with one attached hydrogen (secondary N) is 1. The minimum absolute atomic E-state index is 0.541. The monoisotopic (exact) mass is 494 g/mol. The SMILES string of the molecule is Cc1cc2c(N)nccc2c(C)c1CN/C(N)=C/c1c(N)ccn1Cc1ccc(CN=C/C=C\N)cc1. The zero-order valence-electron chi connectivity index (χ0n) is 21.3. The van der Waals surface area contributed by atoms with Crippen molar-refractivity contribution in [3.05, 3.63) is 106 Å². The maximum Gasteiger partial charge on any atom is 0.131 e. The molecule has 37 heavy (non-hydrogen) atoms. The van der Waals surface area contributed by atoms with Crippen LogP contribution in [0.3, 0.4) is 0 Å². The van der Waals surface area contributed by atoms with Crippen molar-refractivity contribution in [2.75, 3.05) is 11.5 Å². The van der Waals surface area contributed by atoms with Crippen molar-refractivity contribution in [3.63, 3.8) is 0 Å². The van der Waals surface area contributed by atoms with Crippen LogP contribution in [0.1, 0.15) is 33.5 Å². The van der Waals surface area contributed by atoms with Crippen LogP contribution in [0.25, 0.3) is 16.8 Å². The van der Waals surface area contributed by atoms with E-state index in [9.17, 15) is 0 Å². The van der Waals surface area contributed by atoms with Gasteiger partial charge in [0, 0.05) is 43.2 Å². The highest BCUT2D eigenvalue weighted by Gasteiger charge is 2.11. The van der Waals surface area contributed by atoms with E-state index in [0.717, 1.165) is 38.7 Å². The van der Waals surface area contributed by atoms with E-state index in [1.807, 2.05) is 24.4 Å². The van der Waals surface area contributed by atoms with E-state index >= 15 is 0 Å². The average Bonchev–Trinajstić information content (AvgIpc) is 3.22. The fourth-order valence-electron chi connectivity index (χ4n) is 4.41. The van der Waals surface area contributed by atoms with Crippen molar-refractivity contribution in [1.82, 2.24) is 14.9 Å². The number of nitrogens with two attached hydrogens (primary N) is 4. The molecule has 0 aliphatic rings. The first kappa shape index (κ1) is 25.4. The largest absolute Gasteiger partial charge is 0.405 e. The van der Waals surface area contributed by atoms with Crippen molar-refractivity contribution < 1.29 is 0 Å². The molecule has 8 heteroatoms. The van der Waals surface area contributed by atoms with Crippen LogP contribution in [-0.2, 0) is 19.6 Å². The highest BCUT2D eigenvalue weighted by molar-refractivity contribution is 5.94. The van der Waals surface area contributed by atoms with Crippen LogP contribution in [-0.4, -0.2) is 15.8 Å². The van der Waals surface area contributed by atoms with E-state index in [2.05, 4.69) is 64.0 Å². The van der Waals surface area contributed by atoms with Crippen molar-refractivity contribution >= 4 is 34.6 Å². The average molecular weight is 495 g/mol. The summed E-state index contributed by atoms with van der Waals surface area (Å²) in [6, 6.07) is 14.3. The second-order valence-electron chi connectivity index (χ2n) is 9.02. The topological polar surface area (TPSA) is 146 Å². The number of benzene rings is 2. The molecule has 0 bridgehead atoms. The van der Waals surface area contributed by atoms with Crippen LogP contribution < -0.4 is 28.3 Å². The normalized spacial score (nSPS) is 12.2. The molecule has 0 saturated carbocycles. The Hall–Kier alpha value is -4.72. The number of nitrogen functional groups attached to an aromatic ring is 2. The highest BCUT2D eigenvalue weighted by Crippen LogP contribution is 2.28. The van der Waals surface area contributed by atoms with Gasteiger partial charge in [-0.2, -0.15) is 0 Å². The van der Waals surface area contributed by atoms with E-state index in [-0.39, 0.29) is 0 Å². The van der Waals surface area contributed by atoms with Gasteiger partial charge in [0.25, 0.3) is 0 Å². The summed E-state index contributed by atoms with van der Waals surface area (Å²) in [5.41, 5.74) is 31.4. The number of nitrogens with zero attached hydrogens (tertiary/aromatic N) is 3. The first-order chi connectivity index (χ1) is 17.9. The van der Waals surface area contributed by atoms with Crippen molar-refractivity contribution in [2.24, 2.45) is 16.5 Å². The van der Waals surface area contributed by atoms with Crippen molar-refractivity contribution in [3.8, 4) is 0 Å². The summed E-state index contributed by atoms with van der Waals surface area (Å²) in [5, 5.41) is 5.42. The molecule has 9 N–H and O–H groups in total. The number of anilines is 2. The molecule has 2 aromatic carbocycles. The molecule has 4 aromatic rings. The van der Waals surface area contributed by atoms with E-state index in [1.54, 1.807) is 18.5 Å². The summed E-state index contributed by atoms with van der Waals surface area (Å²) in [6.45, 7) is 6.05. The molecular weight excluding hydrogens is 460 g/mol. The molecular formula is C29H34N8. The third-order valence-corrected chi connectivity index (χ3v) is 6.47. The predicted octanol–water partition coefficient (Wildman–Crippen LogP) is 3.96. The Morgan fingerprint density at radius 1 is 1.05 bits per heavy atom. The second-order valence-corrected chi connectivity index (χ2v) is 9.02. The third-order valence-electron chi connectivity index (χ3n) is 6.47. The lowest BCUT2D eigenvalue weighted by atomic mass is 9.96. The lowest BCUT2D eigenvalue weighted by Crippen LogP contribution is -2.21. The third kappa shape index (κ3) is 5.92. The molecule has 0 aliphatic heterocycles. The summed E-state index contributed by atoms with van der Waals surface area (Å²) in [6.07, 6.45) is 10.5. The zero-order chi connectivity index (χ0) is 26.4. The van der Waals surface area contributed by atoms with Gasteiger partial charge in [0.1, 0.15) is 5.82 Å². The zero-order valence-corrected chi connectivity index (χ0v) is 21.3. The number of aryl methyl sites for hydroxylation is 2. The second kappa shape index (κ2) is 11.3. The Labute approximate surface area is 217 Å². The molecule has 8 nitrogen and oxygen atoms in total. The van der Waals surface area contributed by atoms with Gasteiger partial charge < -0.3 is 32.8 Å². The Morgan fingerprint density at radius 3 is 2.57 bits per heavy atom. The molecule has 0 atom stereocenters. The van der Waals surface area contributed by atoms with Gasteiger partial charge in [0.2, 0.25) is 0 Å². The van der Waals surface area contributed by atoms with Gasteiger partial charge in [0.05, 0.1) is 23.7 Å². The van der Waals surface area contributed by atoms with Gasteiger partial charge in [0.15, 0.2) is 0 Å². The number of hydrogen-bond donors (Lipinski definition) is 5. The predicted molar refractivity (Wildman–Crippen MR) is 155 cm³/mol. The Kier molecular flexibility index (Phi) is 7.78. The van der Waals surface area contributed by atoms with Crippen LogP contribution in [0.5, 0.6) is 0 Å². The minimum atomic E-state index is 0.541. The Balaban J connectivity index is 1.47. The van der Waals surface area contributed by atoms with Crippen molar-refractivity contribution in [1.29, 1.82) is 0 Å². The van der Waals surface area contributed by atoms with Gasteiger partial charge in [-0.15, -0.1) is 0 Å². The Bertz CT molecular complexity index is 1480. The van der Waals surface area contributed by atoms with Crippen molar-refractivity contribution in [2.45, 2.75) is 33.5 Å². The van der Waals surface area contributed by atoms with Crippen LogP contribution in [0, 0.1) is 13.8 Å². The number of rotatable bonds is 9. The summed E-state index contributed by atoms with van der Waals surface area (Å²) < 4.78 is 2.09. The van der Waals surface area contributed by atoms with Gasteiger partial charge in [-0.25, -0.2) is 4.98 Å². The molecule has 0 unspecified atom stereocenters. The standard InChI is InChI=1S/C29H34N8/c1-19-14-24-23(8-12-35-29(24)33)20(2)25(19)17-36-28(32)15-27-26(31)9-13-37(27)18-22-6-4-21(5-7-22)16-34-11-3-10-30/h3-15,36H,16-18,30-32H2,1-2H3,(H2,33,35)/b10-3-,28-15+,34-11?. The smallest absolute Gasteiger partial charge is 0.131 e. The summed E-state index contributed by atoms with van der Waals surface area (Å²) >= 11 is 0. The Morgan fingerprint density at radius 2 is 1.81 bits per heavy atom. The molecule has 0 fully saturated rings. The number of pyridine rings is 1. The molecule has 0 aliphatic carbocycles. The van der Waals surface area contributed by atoms with Gasteiger partial charge in [-0.05, 0) is 77.5 Å². The summed E-state index contributed by atoms with van der Waals surface area (Å²) in [4.78, 5) is 8.52. The van der Waals surface area contributed by atoms with E-state index in [4.69, 9.17) is 22.9 Å². The van der Waals surface area contributed by atoms with E-state index in [0.29, 0.717) is 37.0 Å². The molecule has 2 heterocycles. The number of aromatic nitrogens is 2. The van der Waals surface area contributed by atoms with Gasteiger partial charge >= 0.3 is 0 Å². The molecule has 0 spiro atoms.